The molecule has 0 aliphatic carbocycles. The lowest BCUT2D eigenvalue weighted by molar-refractivity contribution is 0.620. The Balaban J connectivity index is 2.97. The first kappa shape index (κ1) is 9.24. The van der Waals surface area contributed by atoms with Crippen molar-refractivity contribution in [3.63, 3.8) is 0 Å². The third kappa shape index (κ3) is 2.33. The van der Waals surface area contributed by atoms with Crippen molar-refractivity contribution < 1.29 is 4.39 Å². The van der Waals surface area contributed by atoms with Crippen LogP contribution >= 0.6 is 15.9 Å². The van der Waals surface area contributed by atoms with Gasteiger partial charge in [-0.1, -0.05) is 11.8 Å². The largest absolute Gasteiger partial charge is 0.320 e. The Bertz CT molecular complexity index is 338. The van der Waals surface area contributed by atoms with Crippen molar-refractivity contribution in [2.45, 2.75) is 0 Å². The van der Waals surface area contributed by atoms with E-state index in [2.05, 4.69) is 27.8 Å². The van der Waals surface area contributed by atoms with E-state index in [1.165, 1.54) is 6.07 Å². The zero-order valence-corrected chi connectivity index (χ0v) is 7.86. The second-order valence-electron chi connectivity index (χ2n) is 2.13. The van der Waals surface area contributed by atoms with E-state index in [0.717, 1.165) is 0 Å². The van der Waals surface area contributed by atoms with E-state index in [1.807, 2.05) is 0 Å². The Morgan fingerprint density at radius 2 is 2.25 bits per heavy atom. The maximum Gasteiger partial charge on any atom is 0.138 e. The van der Waals surface area contributed by atoms with Crippen LogP contribution in [0.1, 0.15) is 5.56 Å². The Morgan fingerprint density at radius 1 is 1.50 bits per heavy atom. The highest BCUT2D eigenvalue weighted by Gasteiger charge is 1.97. The molecule has 1 rings (SSSR count). The Kier molecular flexibility index (Phi) is 3.27. The molecule has 1 aromatic carbocycles. The summed E-state index contributed by atoms with van der Waals surface area (Å²) in [4.78, 5) is 0. The summed E-state index contributed by atoms with van der Waals surface area (Å²) in [5.74, 6) is 5.08. The summed E-state index contributed by atoms with van der Waals surface area (Å²) < 4.78 is 13.3. The van der Waals surface area contributed by atoms with E-state index >= 15 is 0 Å². The van der Waals surface area contributed by atoms with E-state index in [1.54, 1.807) is 12.1 Å². The van der Waals surface area contributed by atoms with Gasteiger partial charge in [0, 0.05) is 5.56 Å². The molecule has 3 heteroatoms. The van der Waals surface area contributed by atoms with Crippen molar-refractivity contribution in [3.8, 4) is 11.8 Å². The Hall–Kier alpha value is -0.850. The van der Waals surface area contributed by atoms with Crippen LogP contribution in [0.5, 0.6) is 0 Å². The SMILES string of the molecule is NCC#Cc1ccc(Br)c(F)c1. The molecule has 0 atom stereocenters. The Labute approximate surface area is 78.9 Å². The number of benzene rings is 1. The lowest BCUT2D eigenvalue weighted by Gasteiger charge is -1.93. The van der Waals surface area contributed by atoms with Crippen molar-refractivity contribution >= 4 is 15.9 Å². The summed E-state index contributed by atoms with van der Waals surface area (Å²) in [5, 5.41) is 0. The molecule has 0 spiro atoms. The molecule has 0 unspecified atom stereocenters. The third-order valence-electron chi connectivity index (χ3n) is 1.25. The minimum atomic E-state index is -0.307. The van der Waals surface area contributed by atoms with Crippen LogP contribution in [0.4, 0.5) is 4.39 Å². The van der Waals surface area contributed by atoms with Crippen molar-refractivity contribution in [2.24, 2.45) is 5.73 Å². The number of halogens is 2. The number of nitrogens with two attached hydrogens (primary N) is 1. The van der Waals surface area contributed by atoms with Crippen LogP contribution in [-0.2, 0) is 0 Å². The average molecular weight is 228 g/mol. The maximum absolute atomic E-state index is 12.9. The number of hydrogen-bond acceptors (Lipinski definition) is 1. The zero-order valence-electron chi connectivity index (χ0n) is 6.27. The molecule has 0 fully saturated rings. The van der Waals surface area contributed by atoms with Crippen LogP contribution in [0.2, 0.25) is 0 Å². The fourth-order valence-corrected chi connectivity index (χ4v) is 0.974. The van der Waals surface area contributed by atoms with Crippen LogP contribution in [-0.4, -0.2) is 6.54 Å². The molecule has 0 aromatic heterocycles. The summed E-state index contributed by atoms with van der Waals surface area (Å²) in [5.41, 5.74) is 5.81. The highest BCUT2D eigenvalue weighted by molar-refractivity contribution is 9.10. The van der Waals surface area contributed by atoms with E-state index in [9.17, 15) is 4.39 Å². The molecule has 0 amide bonds. The zero-order chi connectivity index (χ0) is 8.97. The third-order valence-corrected chi connectivity index (χ3v) is 1.90. The molecule has 2 N–H and O–H groups in total. The van der Waals surface area contributed by atoms with Gasteiger partial charge in [-0.25, -0.2) is 4.39 Å². The smallest absolute Gasteiger partial charge is 0.138 e. The van der Waals surface area contributed by atoms with Crippen LogP contribution in [0, 0.1) is 17.7 Å². The van der Waals surface area contributed by atoms with Gasteiger partial charge in [0.25, 0.3) is 0 Å². The molecular weight excluding hydrogens is 221 g/mol. The first-order valence-corrected chi connectivity index (χ1v) is 4.17. The van der Waals surface area contributed by atoms with Crippen LogP contribution in [0.25, 0.3) is 0 Å². The van der Waals surface area contributed by atoms with Gasteiger partial charge in [-0.2, -0.15) is 0 Å². The van der Waals surface area contributed by atoms with Gasteiger partial charge in [0.15, 0.2) is 0 Å². The molecule has 0 aliphatic heterocycles. The molecule has 12 heavy (non-hydrogen) atoms. The maximum atomic E-state index is 12.9. The minimum absolute atomic E-state index is 0.289. The highest BCUT2D eigenvalue weighted by atomic mass is 79.9. The van der Waals surface area contributed by atoms with Gasteiger partial charge in [-0.3, -0.25) is 0 Å². The van der Waals surface area contributed by atoms with Crippen molar-refractivity contribution in [1.82, 2.24) is 0 Å². The summed E-state index contributed by atoms with van der Waals surface area (Å²) in [7, 11) is 0. The van der Waals surface area contributed by atoms with Gasteiger partial charge in [0.1, 0.15) is 5.82 Å². The number of rotatable bonds is 0. The standard InChI is InChI=1S/C9H7BrFN/c10-8-4-3-7(2-1-5-12)6-9(8)11/h3-4,6H,5,12H2. The lowest BCUT2D eigenvalue weighted by Crippen LogP contribution is -1.93. The fourth-order valence-electron chi connectivity index (χ4n) is 0.727. The molecule has 0 heterocycles. The second kappa shape index (κ2) is 4.24. The normalized spacial score (nSPS) is 8.92. The first-order valence-electron chi connectivity index (χ1n) is 3.38. The van der Waals surface area contributed by atoms with Crippen molar-refractivity contribution in [3.05, 3.63) is 34.1 Å². The lowest BCUT2D eigenvalue weighted by atomic mass is 10.2. The first-order chi connectivity index (χ1) is 5.74. The van der Waals surface area contributed by atoms with Gasteiger partial charge in [0.2, 0.25) is 0 Å². The second-order valence-corrected chi connectivity index (χ2v) is 2.99. The summed E-state index contributed by atoms with van der Waals surface area (Å²) in [6, 6.07) is 4.72. The van der Waals surface area contributed by atoms with Gasteiger partial charge >= 0.3 is 0 Å². The topological polar surface area (TPSA) is 26.0 Å². The van der Waals surface area contributed by atoms with Crippen LogP contribution in [0.15, 0.2) is 22.7 Å². The van der Waals surface area contributed by atoms with E-state index in [4.69, 9.17) is 5.73 Å². The molecule has 0 saturated heterocycles. The van der Waals surface area contributed by atoms with Gasteiger partial charge in [-0.05, 0) is 34.1 Å². The minimum Gasteiger partial charge on any atom is -0.320 e. The highest BCUT2D eigenvalue weighted by Crippen LogP contribution is 2.15. The molecule has 62 valence electrons. The number of hydrogen-bond donors (Lipinski definition) is 1. The van der Waals surface area contributed by atoms with Gasteiger partial charge < -0.3 is 5.73 Å². The fraction of sp³-hybridized carbons (Fsp3) is 0.111. The van der Waals surface area contributed by atoms with Crippen molar-refractivity contribution in [1.29, 1.82) is 0 Å². The summed E-state index contributed by atoms with van der Waals surface area (Å²) >= 11 is 3.05. The molecule has 1 nitrogen and oxygen atoms in total. The molecule has 1 aromatic rings. The van der Waals surface area contributed by atoms with E-state index in [0.29, 0.717) is 10.0 Å². The molecule has 0 radical (unpaired) electrons. The van der Waals surface area contributed by atoms with Gasteiger partial charge in [0.05, 0.1) is 11.0 Å². The molecule has 0 bridgehead atoms. The van der Waals surface area contributed by atoms with Crippen LogP contribution in [0.3, 0.4) is 0 Å². The van der Waals surface area contributed by atoms with Gasteiger partial charge in [-0.15, -0.1) is 0 Å². The molecule has 0 aliphatic rings. The summed E-state index contributed by atoms with van der Waals surface area (Å²) in [6.45, 7) is 0.289. The Morgan fingerprint density at radius 3 is 2.83 bits per heavy atom. The predicted octanol–water partition coefficient (Wildman–Crippen LogP) is 1.90. The molecule has 0 saturated carbocycles. The quantitative estimate of drug-likeness (QED) is 0.674. The van der Waals surface area contributed by atoms with Crippen molar-refractivity contribution in [2.75, 3.05) is 6.54 Å². The monoisotopic (exact) mass is 227 g/mol. The average Bonchev–Trinajstić information content (AvgIpc) is 2.07. The molecular formula is C9H7BrFN. The predicted molar refractivity (Wildman–Crippen MR) is 50.0 cm³/mol. The van der Waals surface area contributed by atoms with Crippen LogP contribution < -0.4 is 5.73 Å². The van der Waals surface area contributed by atoms with E-state index in [-0.39, 0.29) is 12.4 Å². The summed E-state index contributed by atoms with van der Waals surface area (Å²) in [6.07, 6.45) is 0. The van der Waals surface area contributed by atoms with E-state index < -0.39 is 0 Å².